The van der Waals surface area contributed by atoms with E-state index in [-0.39, 0.29) is 29.6 Å². The lowest BCUT2D eigenvalue weighted by atomic mass is 10.0. The van der Waals surface area contributed by atoms with Crippen LogP contribution >= 0.6 is 11.3 Å². The fourth-order valence-electron chi connectivity index (χ4n) is 4.40. The lowest BCUT2D eigenvalue weighted by Gasteiger charge is -2.25. The zero-order chi connectivity index (χ0) is 31.1. The van der Waals surface area contributed by atoms with Crippen LogP contribution in [0.25, 0.3) is 0 Å². The second kappa shape index (κ2) is 14.0. The highest BCUT2D eigenvalue weighted by Gasteiger charge is 2.30. The van der Waals surface area contributed by atoms with Crippen LogP contribution in [-0.2, 0) is 27.2 Å². The van der Waals surface area contributed by atoms with E-state index in [0.29, 0.717) is 36.0 Å². The van der Waals surface area contributed by atoms with Crippen molar-refractivity contribution in [1.29, 1.82) is 0 Å². The molecule has 2 aliphatic rings. The van der Waals surface area contributed by atoms with Crippen LogP contribution in [0, 0.1) is 5.92 Å². The Morgan fingerprint density at radius 3 is 2.47 bits per heavy atom. The zero-order valence-electron chi connectivity index (χ0n) is 24.0. The monoisotopic (exact) mass is 609 g/mol. The van der Waals surface area contributed by atoms with Gasteiger partial charge in [0.05, 0.1) is 5.56 Å². The number of aromatic hydroxyl groups is 1. The molecule has 14 heteroatoms. The highest BCUT2D eigenvalue weighted by Crippen LogP contribution is 2.28. The average molecular weight is 610 g/mol. The third kappa shape index (κ3) is 8.41. The van der Waals surface area contributed by atoms with Gasteiger partial charge in [-0.1, -0.05) is 37.3 Å². The lowest BCUT2D eigenvalue weighted by molar-refractivity contribution is -0.132. The van der Waals surface area contributed by atoms with Gasteiger partial charge in [-0.25, -0.2) is 0 Å². The van der Waals surface area contributed by atoms with Gasteiger partial charge < -0.3 is 36.8 Å². The molecule has 3 heterocycles. The smallest absolute Gasteiger partial charge is 0.255 e. The van der Waals surface area contributed by atoms with Crippen molar-refractivity contribution >= 4 is 40.1 Å². The summed E-state index contributed by atoms with van der Waals surface area (Å²) in [6.45, 7) is 5.32. The second-order valence-corrected chi connectivity index (χ2v) is 11.6. The summed E-state index contributed by atoms with van der Waals surface area (Å²) in [7, 11) is 0. The number of amides is 4. The van der Waals surface area contributed by atoms with Gasteiger partial charge in [-0.05, 0) is 55.2 Å². The fourth-order valence-corrected chi connectivity index (χ4v) is 5.05. The molecule has 2 aliphatic heterocycles. The van der Waals surface area contributed by atoms with Crippen molar-refractivity contribution in [1.82, 2.24) is 31.5 Å². The van der Waals surface area contributed by atoms with Crippen molar-refractivity contribution in [3.63, 3.8) is 0 Å². The summed E-state index contributed by atoms with van der Waals surface area (Å²) in [6, 6.07) is 8.19. The predicted octanol–water partition coefficient (Wildman–Crippen LogP) is 1.67. The summed E-state index contributed by atoms with van der Waals surface area (Å²) in [5.74, 6) is -2.10. The zero-order valence-corrected chi connectivity index (χ0v) is 24.9. The van der Waals surface area contributed by atoms with Crippen LogP contribution < -0.4 is 31.7 Å². The first-order valence-corrected chi connectivity index (χ1v) is 14.7. The SMILES string of the molecule is CC(C)[C@@H]1NC(=O)c2cc(ccc2O)Oc2ccc(cc2)C[C@@H](C(=O)NCCCc2nnc(N)s2)NC(=O)[C@H](C)NC1=O. The maximum atomic E-state index is 13.2. The summed E-state index contributed by atoms with van der Waals surface area (Å²) in [4.78, 5) is 52.6. The average Bonchev–Trinajstić information content (AvgIpc) is 3.39. The number of nitrogens with zero attached hydrogens (tertiary/aromatic N) is 2. The summed E-state index contributed by atoms with van der Waals surface area (Å²) in [5.41, 5.74) is 6.30. The largest absolute Gasteiger partial charge is 0.507 e. The van der Waals surface area contributed by atoms with E-state index in [1.807, 2.05) is 0 Å². The molecule has 0 saturated carbocycles. The molecular weight excluding hydrogens is 574 g/mol. The lowest BCUT2D eigenvalue weighted by Crippen LogP contribution is -2.57. The number of nitrogens with one attached hydrogen (secondary N) is 4. The number of phenolic OH excluding ortho intramolecular Hbond substituents is 1. The Kier molecular flexibility index (Phi) is 10.1. The van der Waals surface area contributed by atoms with Crippen molar-refractivity contribution in [2.24, 2.45) is 5.92 Å². The highest BCUT2D eigenvalue weighted by molar-refractivity contribution is 7.15. The number of aromatic nitrogens is 2. The molecule has 0 unspecified atom stereocenters. The van der Waals surface area contributed by atoms with Crippen molar-refractivity contribution in [2.45, 2.75) is 58.2 Å². The van der Waals surface area contributed by atoms with Crippen LogP contribution in [0.4, 0.5) is 5.13 Å². The van der Waals surface area contributed by atoms with Gasteiger partial charge in [0.1, 0.15) is 40.4 Å². The van der Waals surface area contributed by atoms with Crippen LogP contribution in [0.5, 0.6) is 17.2 Å². The molecule has 0 spiro atoms. The van der Waals surface area contributed by atoms with E-state index in [0.717, 1.165) is 10.6 Å². The molecule has 0 aliphatic carbocycles. The summed E-state index contributed by atoms with van der Waals surface area (Å²) < 4.78 is 5.89. The Balaban J connectivity index is 1.56. The van der Waals surface area contributed by atoms with E-state index in [9.17, 15) is 24.3 Å². The van der Waals surface area contributed by atoms with Gasteiger partial charge in [-0.2, -0.15) is 0 Å². The van der Waals surface area contributed by atoms with E-state index in [4.69, 9.17) is 10.5 Å². The third-order valence-corrected chi connectivity index (χ3v) is 7.59. The van der Waals surface area contributed by atoms with Crippen LogP contribution in [0.2, 0.25) is 0 Å². The first-order valence-electron chi connectivity index (χ1n) is 13.9. The molecule has 4 amide bonds. The molecular formula is C29H35N7O6S. The van der Waals surface area contributed by atoms with Crippen molar-refractivity contribution in [2.75, 3.05) is 12.3 Å². The minimum absolute atomic E-state index is 0.0687. The van der Waals surface area contributed by atoms with Gasteiger partial charge in [0, 0.05) is 19.4 Å². The second-order valence-electron chi connectivity index (χ2n) is 10.5. The number of phenols is 1. The quantitative estimate of drug-likeness (QED) is 0.178. The van der Waals surface area contributed by atoms with E-state index in [2.05, 4.69) is 31.5 Å². The number of ether oxygens (including phenoxy) is 1. The fraction of sp³-hybridized carbons (Fsp3) is 0.379. The van der Waals surface area contributed by atoms with Crippen molar-refractivity contribution in [3.05, 3.63) is 58.6 Å². The summed E-state index contributed by atoms with van der Waals surface area (Å²) in [6.07, 6.45) is 1.37. The van der Waals surface area contributed by atoms with Gasteiger partial charge in [0.15, 0.2) is 0 Å². The number of hydrogen-bond acceptors (Lipinski definition) is 10. The van der Waals surface area contributed by atoms with Crippen LogP contribution in [0.1, 0.15) is 48.1 Å². The van der Waals surface area contributed by atoms with Gasteiger partial charge in [0.2, 0.25) is 22.9 Å². The molecule has 2 aromatic carbocycles. The number of nitrogens with two attached hydrogens (primary N) is 1. The Labute approximate surface area is 252 Å². The number of nitrogen functional groups attached to an aromatic ring is 1. The maximum absolute atomic E-state index is 13.2. The standard InChI is InChI=1S/C29H35N7O6S/c1-15(2)24-28(41)32-16(3)25(38)33-21(27(40)31-12-4-5-23-35-36-29(30)43-23)13-17-6-8-18(9-7-17)42-19-10-11-22(37)20(14-19)26(39)34-24/h6-11,14-16,21,24,37H,4-5,12-13H2,1-3H3,(H2,30,36)(H,31,40)(H,32,41)(H,33,38)(H,34,39)/t16-,21-,24-/m0/s1. The van der Waals surface area contributed by atoms with Gasteiger partial charge >= 0.3 is 0 Å². The number of aryl methyl sites for hydroxylation is 1. The molecule has 7 N–H and O–H groups in total. The number of benzene rings is 2. The Morgan fingerprint density at radius 2 is 1.79 bits per heavy atom. The van der Waals surface area contributed by atoms with Gasteiger partial charge in [0.25, 0.3) is 5.91 Å². The van der Waals surface area contributed by atoms with Crippen LogP contribution in [0.3, 0.4) is 0 Å². The molecule has 3 atom stereocenters. The number of hydrogen-bond donors (Lipinski definition) is 6. The van der Waals surface area contributed by atoms with E-state index in [1.54, 1.807) is 38.1 Å². The molecule has 4 bridgehead atoms. The topological polar surface area (TPSA) is 198 Å². The molecule has 13 nitrogen and oxygen atoms in total. The number of rotatable bonds is 6. The van der Waals surface area contributed by atoms with Crippen LogP contribution in [0.15, 0.2) is 42.5 Å². The number of anilines is 1. The van der Waals surface area contributed by atoms with E-state index >= 15 is 0 Å². The minimum Gasteiger partial charge on any atom is -0.507 e. The van der Waals surface area contributed by atoms with Crippen molar-refractivity contribution < 1.29 is 29.0 Å². The molecule has 0 fully saturated rings. The first-order chi connectivity index (χ1) is 20.5. The normalized spacial score (nSPS) is 19.4. The minimum atomic E-state index is -1.02. The number of fused-ring (bicyclic) bond motifs is 11. The molecule has 43 heavy (non-hydrogen) atoms. The number of carbonyl (C=O) groups is 4. The molecule has 3 aromatic rings. The molecule has 1 aromatic heterocycles. The van der Waals surface area contributed by atoms with Gasteiger partial charge in [-0.15, -0.1) is 10.2 Å². The van der Waals surface area contributed by atoms with Crippen LogP contribution in [-0.4, -0.2) is 63.6 Å². The molecule has 228 valence electrons. The number of carbonyl (C=O) groups excluding carboxylic acids is 4. The third-order valence-electron chi connectivity index (χ3n) is 6.78. The van der Waals surface area contributed by atoms with Crippen molar-refractivity contribution in [3.8, 4) is 17.2 Å². The van der Waals surface area contributed by atoms with E-state index < -0.39 is 35.8 Å². The molecule has 5 rings (SSSR count). The van der Waals surface area contributed by atoms with Gasteiger partial charge in [-0.3, -0.25) is 19.2 Å². The van der Waals surface area contributed by atoms with E-state index in [1.165, 1.54) is 36.5 Å². The Morgan fingerprint density at radius 1 is 1.07 bits per heavy atom. The Hall–Kier alpha value is -4.72. The molecule has 0 radical (unpaired) electrons. The first kappa shape index (κ1) is 31.2. The summed E-state index contributed by atoms with van der Waals surface area (Å²) in [5, 5.41) is 30.1. The predicted molar refractivity (Wildman–Crippen MR) is 160 cm³/mol. The summed E-state index contributed by atoms with van der Waals surface area (Å²) >= 11 is 1.29. The highest BCUT2D eigenvalue weighted by atomic mass is 32.1. The maximum Gasteiger partial charge on any atom is 0.255 e. The molecule has 0 saturated heterocycles. The Bertz CT molecular complexity index is 1480.